The molecule has 2 amide bonds. The number of amides is 2. The summed E-state index contributed by atoms with van der Waals surface area (Å²) in [4.78, 5) is 29.7. The molecule has 2 saturated heterocycles. The van der Waals surface area contributed by atoms with Crippen molar-refractivity contribution in [1.82, 2.24) is 19.6 Å². The highest BCUT2D eigenvalue weighted by Crippen LogP contribution is 2.32. The Balaban J connectivity index is 1.61. The minimum Gasteiger partial charge on any atom is -0.379 e. The number of nitrogens with zero attached hydrogens (tertiary/aromatic N) is 4. The van der Waals surface area contributed by atoms with E-state index >= 15 is 0 Å². The fourth-order valence-corrected chi connectivity index (χ4v) is 4.11. The van der Waals surface area contributed by atoms with Crippen molar-refractivity contribution < 1.29 is 18.7 Å². The molecule has 0 aliphatic carbocycles. The molecule has 1 atom stereocenters. The largest absolute Gasteiger partial charge is 0.379 e. The highest BCUT2D eigenvalue weighted by atomic mass is 19.1. The van der Waals surface area contributed by atoms with Crippen LogP contribution in [0.4, 0.5) is 4.39 Å². The molecular weight excluding hydrogens is 375 g/mol. The zero-order chi connectivity index (χ0) is 20.6. The number of benzene rings is 1. The second kappa shape index (κ2) is 7.59. The Labute approximate surface area is 169 Å². The average Bonchev–Trinajstić information content (AvgIpc) is 3.27. The van der Waals surface area contributed by atoms with Gasteiger partial charge in [0.05, 0.1) is 12.1 Å². The topological polar surface area (TPSA) is 67.7 Å². The average molecular weight is 400 g/mol. The second-order valence-electron chi connectivity index (χ2n) is 7.90. The molecular formula is C21H25FN4O3. The van der Waals surface area contributed by atoms with Crippen molar-refractivity contribution in [1.29, 1.82) is 0 Å². The van der Waals surface area contributed by atoms with E-state index in [9.17, 15) is 14.0 Å². The van der Waals surface area contributed by atoms with Gasteiger partial charge >= 0.3 is 0 Å². The molecule has 0 N–H and O–H groups in total. The number of hydrogen-bond donors (Lipinski definition) is 0. The highest BCUT2D eigenvalue weighted by Gasteiger charge is 2.47. The minimum absolute atomic E-state index is 0.0210. The predicted molar refractivity (Wildman–Crippen MR) is 104 cm³/mol. The summed E-state index contributed by atoms with van der Waals surface area (Å²) in [7, 11) is 1.80. The van der Waals surface area contributed by atoms with Crippen molar-refractivity contribution in [3.8, 4) is 0 Å². The number of aromatic nitrogens is 2. The van der Waals surface area contributed by atoms with Crippen LogP contribution in [0.1, 0.15) is 34.6 Å². The molecule has 7 nitrogen and oxygen atoms in total. The zero-order valence-corrected chi connectivity index (χ0v) is 16.7. The molecule has 0 saturated carbocycles. The Hall–Kier alpha value is -2.74. The Morgan fingerprint density at radius 2 is 2.07 bits per heavy atom. The van der Waals surface area contributed by atoms with Gasteiger partial charge in [-0.25, -0.2) is 4.39 Å². The Morgan fingerprint density at radius 3 is 2.69 bits per heavy atom. The lowest BCUT2D eigenvalue weighted by Gasteiger charge is -2.40. The molecule has 3 heterocycles. The first kappa shape index (κ1) is 19.6. The normalized spacial score (nSPS) is 22.4. The van der Waals surface area contributed by atoms with E-state index in [2.05, 4.69) is 5.10 Å². The molecule has 8 heteroatoms. The fourth-order valence-electron chi connectivity index (χ4n) is 4.11. The molecule has 2 aliphatic heterocycles. The molecule has 1 aromatic heterocycles. The fraction of sp³-hybridized carbons (Fsp3) is 0.476. The molecule has 0 radical (unpaired) electrons. The van der Waals surface area contributed by atoms with Crippen molar-refractivity contribution in [2.75, 3.05) is 26.3 Å². The molecule has 2 fully saturated rings. The van der Waals surface area contributed by atoms with E-state index in [1.807, 2.05) is 11.8 Å². The lowest BCUT2D eigenvalue weighted by molar-refractivity contribution is -0.137. The first-order valence-corrected chi connectivity index (χ1v) is 9.80. The van der Waals surface area contributed by atoms with Gasteiger partial charge in [0.2, 0.25) is 5.91 Å². The monoisotopic (exact) mass is 400 g/mol. The minimum atomic E-state index is -0.582. The Morgan fingerprint density at radius 1 is 1.31 bits per heavy atom. The number of aryl methyl sites for hydroxylation is 2. The summed E-state index contributed by atoms with van der Waals surface area (Å²) in [6.07, 6.45) is 0.894. The SMILES string of the molecule is Cc1cc(C(=O)N2CCC(=O)N(Cc3ccc(F)cc3)C3(CCOC3)C2)nn1C. The van der Waals surface area contributed by atoms with Crippen LogP contribution in [0, 0.1) is 12.7 Å². The molecule has 0 bridgehead atoms. The summed E-state index contributed by atoms with van der Waals surface area (Å²) in [5.41, 5.74) is 1.56. The van der Waals surface area contributed by atoms with Crippen LogP contribution >= 0.6 is 0 Å². The van der Waals surface area contributed by atoms with Crippen LogP contribution in [-0.2, 0) is 23.1 Å². The van der Waals surface area contributed by atoms with Gasteiger partial charge in [0.15, 0.2) is 5.69 Å². The van der Waals surface area contributed by atoms with Crippen LogP contribution in [0.5, 0.6) is 0 Å². The van der Waals surface area contributed by atoms with Gasteiger partial charge in [0.25, 0.3) is 5.91 Å². The van der Waals surface area contributed by atoms with Crippen molar-refractivity contribution in [2.45, 2.75) is 31.8 Å². The summed E-state index contributed by atoms with van der Waals surface area (Å²) in [6.45, 7) is 3.92. The number of ether oxygens (including phenoxy) is 1. The summed E-state index contributed by atoms with van der Waals surface area (Å²) in [6, 6.07) is 7.94. The van der Waals surface area contributed by atoms with Crippen LogP contribution in [0.15, 0.2) is 30.3 Å². The Bertz CT molecular complexity index is 899. The first-order chi connectivity index (χ1) is 13.9. The second-order valence-corrected chi connectivity index (χ2v) is 7.90. The van der Waals surface area contributed by atoms with E-state index in [0.29, 0.717) is 45.0 Å². The third-order valence-electron chi connectivity index (χ3n) is 5.91. The van der Waals surface area contributed by atoms with Crippen molar-refractivity contribution in [3.63, 3.8) is 0 Å². The number of hydrogen-bond acceptors (Lipinski definition) is 4. The molecule has 1 aromatic carbocycles. The summed E-state index contributed by atoms with van der Waals surface area (Å²) in [5, 5.41) is 4.31. The Kier molecular flexibility index (Phi) is 5.12. The number of carbonyl (C=O) groups is 2. The van der Waals surface area contributed by atoms with Crippen molar-refractivity contribution in [3.05, 3.63) is 53.1 Å². The molecule has 1 unspecified atom stereocenters. The van der Waals surface area contributed by atoms with E-state index in [0.717, 1.165) is 11.3 Å². The van der Waals surface area contributed by atoms with Gasteiger partial charge < -0.3 is 14.5 Å². The van der Waals surface area contributed by atoms with Crippen molar-refractivity contribution in [2.24, 2.45) is 7.05 Å². The third kappa shape index (κ3) is 3.76. The van der Waals surface area contributed by atoms with E-state index in [1.54, 1.807) is 34.8 Å². The van der Waals surface area contributed by atoms with E-state index < -0.39 is 5.54 Å². The third-order valence-corrected chi connectivity index (χ3v) is 5.91. The van der Waals surface area contributed by atoms with Gasteiger partial charge in [-0.2, -0.15) is 5.10 Å². The highest BCUT2D eigenvalue weighted by molar-refractivity contribution is 5.93. The maximum atomic E-state index is 13.3. The molecule has 4 rings (SSSR count). The first-order valence-electron chi connectivity index (χ1n) is 9.80. The van der Waals surface area contributed by atoms with Gasteiger partial charge in [0.1, 0.15) is 5.82 Å². The van der Waals surface area contributed by atoms with Crippen LogP contribution in [0.3, 0.4) is 0 Å². The van der Waals surface area contributed by atoms with Crippen LogP contribution < -0.4 is 0 Å². The van der Waals surface area contributed by atoms with Gasteiger partial charge in [-0.3, -0.25) is 14.3 Å². The molecule has 2 aromatic rings. The number of rotatable bonds is 3. The number of halogens is 1. The molecule has 2 aliphatic rings. The molecule has 154 valence electrons. The molecule has 1 spiro atoms. The van der Waals surface area contributed by atoms with Gasteiger partial charge in [-0.1, -0.05) is 12.1 Å². The summed E-state index contributed by atoms with van der Waals surface area (Å²) < 4.78 is 20.6. The lowest BCUT2D eigenvalue weighted by Crippen LogP contribution is -2.56. The predicted octanol–water partition coefficient (Wildman–Crippen LogP) is 1.90. The van der Waals surface area contributed by atoms with Crippen LogP contribution in [0.25, 0.3) is 0 Å². The van der Waals surface area contributed by atoms with E-state index in [-0.39, 0.29) is 24.1 Å². The smallest absolute Gasteiger partial charge is 0.274 e. The van der Waals surface area contributed by atoms with Crippen molar-refractivity contribution >= 4 is 11.8 Å². The van der Waals surface area contributed by atoms with Gasteiger partial charge in [-0.05, 0) is 37.1 Å². The van der Waals surface area contributed by atoms with E-state index in [4.69, 9.17) is 4.74 Å². The number of carbonyl (C=O) groups excluding carboxylic acids is 2. The summed E-state index contributed by atoms with van der Waals surface area (Å²) in [5.74, 6) is -0.499. The van der Waals surface area contributed by atoms with Crippen LogP contribution in [0.2, 0.25) is 0 Å². The van der Waals surface area contributed by atoms with Crippen LogP contribution in [-0.4, -0.2) is 63.2 Å². The van der Waals surface area contributed by atoms with Gasteiger partial charge in [0, 0.05) is 45.4 Å². The maximum Gasteiger partial charge on any atom is 0.274 e. The quantitative estimate of drug-likeness (QED) is 0.789. The van der Waals surface area contributed by atoms with Gasteiger partial charge in [-0.15, -0.1) is 0 Å². The zero-order valence-electron chi connectivity index (χ0n) is 16.7. The lowest BCUT2D eigenvalue weighted by atomic mass is 9.94. The van der Waals surface area contributed by atoms with E-state index in [1.165, 1.54) is 12.1 Å². The summed E-state index contributed by atoms with van der Waals surface area (Å²) >= 11 is 0. The maximum absolute atomic E-state index is 13.3. The molecule has 29 heavy (non-hydrogen) atoms. The standard InChI is InChI=1S/C21H25FN4O3/c1-15-11-18(23-24(15)2)20(28)25-9-7-19(27)26(21(13-25)8-10-29-14-21)12-16-3-5-17(22)6-4-16/h3-6,11H,7-10,12-14H2,1-2H3.